The number of para-hydroxylation sites is 2. The number of aromatic amines is 1. The second-order valence-corrected chi connectivity index (χ2v) is 7.63. The highest BCUT2D eigenvalue weighted by Crippen LogP contribution is 2.35. The smallest absolute Gasteiger partial charge is 0.269 e. The van der Waals surface area contributed by atoms with Gasteiger partial charge in [-0.05, 0) is 48.0 Å². The van der Waals surface area contributed by atoms with E-state index in [1.165, 1.54) is 12.1 Å². The van der Waals surface area contributed by atoms with Gasteiger partial charge in [-0.3, -0.25) is 10.1 Å². The van der Waals surface area contributed by atoms with Crippen LogP contribution in [0, 0.1) is 21.4 Å². The van der Waals surface area contributed by atoms with Gasteiger partial charge >= 0.3 is 0 Å². The van der Waals surface area contributed by atoms with Gasteiger partial charge in [0.2, 0.25) is 0 Å². The molecule has 0 aliphatic carbocycles. The Hall–Kier alpha value is -3.86. The number of hydrogen-bond donors (Lipinski definition) is 1. The molecule has 0 radical (unpaired) electrons. The first kappa shape index (κ1) is 21.4. The van der Waals surface area contributed by atoms with E-state index in [9.17, 15) is 15.4 Å². The van der Waals surface area contributed by atoms with Crippen LogP contribution in [0.25, 0.3) is 22.7 Å². The van der Waals surface area contributed by atoms with Crippen LogP contribution in [0.5, 0.6) is 5.75 Å². The van der Waals surface area contributed by atoms with Crippen molar-refractivity contribution in [3.05, 3.63) is 97.8 Å². The van der Waals surface area contributed by atoms with E-state index in [0.717, 1.165) is 11.0 Å². The van der Waals surface area contributed by atoms with Gasteiger partial charge in [-0.1, -0.05) is 35.3 Å². The molecule has 4 rings (SSSR count). The minimum atomic E-state index is -0.467. The Morgan fingerprint density at radius 1 is 1.19 bits per heavy atom. The highest BCUT2D eigenvalue weighted by Gasteiger charge is 2.14. The third-order valence-corrected chi connectivity index (χ3v) is 5.13. The highest BCUT2D eigenvalue weighted by molar-refractivity contribution is 6.36. The van der Waals surface area contributed by atoms with Crippen LogP contribution in [0.15, 0.2) is 60.7 Å². The molecule has 158 valence electrons. The Labute approximate surface area is 192 Å². The molecule has 0 aliphatic heterocycles. The second-order valence-electron chi connectivity index (χ2n) is 6.79. The first-order valence-corrected chi connectivity index (χ1v) is 10.1. The molecule has 0 unspecified atom stereocenters. The fourth-order valence-electron chi connectivity index (χ4n) is 3.10. The van der Waals surface area contributed by atoms with E-state index < -0.39 is 4.92 Å². The number of ether oxygens (including phenoxy) is 1. The van der Waals surface area contributed by atoms with Gasteiger partial charge < -0.3 is 9.72 Å². The molecule has 4 aromatic rings. The maximum absolute atomic E-state index is 10.8. The molecular formula is C23H14Cl2N4O3. The standard InChI is InChI=1S/C23H14Cl2N4O3/c24-17-10-15(9-16(12-26)23-27-20-3-1-2-4-21(20)28-23)22(19(25)11-17)32-13-14-5-7-18(8-6-14)29(30)31/h1-11H,13H2,(H,27,28)/b16-9+. The molecule has 0 saturated carbocycles. The largest absolute Gasteiger partial charge is 0.487 e. The molecular weight excluding hydrogens is 451 g/mol. The summed E-state index contributed by atoms with van der Waals surface area (Å²) in [6, 6.07) is 18.8. The van der Waals surface area contributed by atoms with Gasteiger partial charge in [0.1, 0.15) is 24.3 Å². The van der Waals surface area contributed by atoms with Gasteiger partial charge in [-0.15, -0.1) is 0 Å². The van der Waals surface area contributed by atoms with Crippen molar-refractivity contribution in [2.45, 2.75) is 6.61 Å². The minimum Gasteiger partial charge on any atom is -0.487 e. The Balaban J connectivity index is 1.67. The maximum Gasteiger partial charge on any atom is 0.269 e. The van der Waals surface area contributed by atoms with Crippen molar-refractivity contribution in [2.75, 3.05) is 0 Å². The Morgan fingerprint density at radius 2 is 1.94 bits per heavy atom. The van der Waals surface area contributed by atoms with Crippen molar-refractivity contribution in [3.8, 4) is 11.8 Å². The molecule has 0 aliphatic rings. The molecule has 0 saturated heterocycles. The molecule has 0 bridgehead atoms. The van der Waals surface area contributed by atoms with E-state index >= 15 is 0 Å². The number of rotatable bonds is 6. The van der Waals surface area contributed by atoms with Crippen LogP contribution in [0.2, 0.25) is 10.0 Å². The summed E-state index contributed by atoms with van der Waals surface area (Å²) in [4.78, 5) is 17.9. The van der Waals surface area contributed by atoms with Crippen molar-refractivity contribution >= 4 is 51.6 Å². The lowest BCUT2D eigenvalue weighted by atomic mass is 10.1. The summed E-state index contributed by atoms with van der Waals surface area (Å²) in [5.74, 6) is 0.740. The number of aromatic nitrogens is 2. The number of imidazole rings is 1. The molecule has 3 aromatic carbocycles. The average molecular weight is 465 g/mol. The second kappa shape index (κ2) is 9.10. The lowest BCUT2D eigenvalue weighted by Gasteiger charge is -2.12. The van der Waals surface area contributed by atoms with Crippen molar-refractivity contribution in [1.82, 2.24) is 9.97 Å². The van der Waals surface area contributed by atoms with E-state index in [1.807, 2.05) is 24.3 Å². The summed E-state index contributed by atoms with van der Waals surface area (Å²) in [5, 5.41) is 21.2. The summed E-state index contributed by atoms with van der Waals surface area (Å²) >= 11 is 12.6. The molecule has 1 aromatic heterocycles. The van der Waals surface area contributed by atoms with Gasteiger partial charge in [0.15, 0.2) is 0 Å². The van der Waals surface area contributed by atoms with E-state index in [4.69, 9.17) is 27.9 Å². The predicted molar refractivity (Wildman–Crippen MR) is 123 cm³/mol. The number of hydrogen-bond acceptors (Lipinski definition) is 5. The Bertz CT molecular complexity index is 1360. The molecule has 0 atom stereocenters. The number of fused-ring (bicyclic) bond motifs is 1. The topological polar surface area (TPSA) is 105 Å². The molecule has 1 heterocycles. The van der Waals surface area contributed by atoms with Crippen LogP contribution < -0.4 is 4.74 Å². The zero-order chi connectivity index (χ0) is 22.7. The van der Waals surface area contributed by atoms with E-state index in [-0.39, 0.29) is 22.9 Å². The highest BCUT2D eigenvalue weighted by atomic mass is 35.5. The van der Waals surface area contributed by atoms with Gasteiger partial charge in [0.25, 0.3) is 5.69 Å². The van der Waals surface area contributed by atoms with E-state index in [1.54, 1.807) is 30.3 Å². The third kappa shape index (κ3) is 4.57. The number of non-ortho nitro benzene ring substituents is 1. The maximum atomic E-state index is 10.8. The molecule has 0 amide bonds. The van der Waals surface area contributed by atoms with Gasteiger partial charge in [-0.25, -0.2) is 4.98 Å². The number of halogens is 2. The monoisotopic (exact) mass is 464 g/mol. The number of allylic oxidation sites excluding steroid dienone is 1. The third-order valence-electron chi connectivity index (χ3n) is 4.63. The number of H-pyrrole nitrogens is 1. The molecule has 0 fully saturated rings. The zero-order valence-electron chi connectivity index (χ0n) is 16.4. The molecule has 7 nitrogen and oxygen atoms in total. The summed E-state index contributed by atoms with van der Waals surface area (Å²) in [7, 11) is 0. The molecule has 9 heteroatoms. The van der Waals surface area contributed by atoms with Crippen LogP contribution in [0.3, 0.4) is 0 Å². The van der Waals surface area contributed by atoms with Gasteiger partial charge in [0, 0.05) is 22.7 Å². The lowest BCUT2D eigenvalue weighted by molar-refractivity contribution is -0.384. The Kier molecular flexibility index (Phi) is 6.08. The number of benzene rings is 3. The number of nitriles is 1. The van der Waals surface area contributed by atoms with Crippen LogP contribution in [0.1, 0.15) is 17.0 Å². The van der Waals surface area contributed by atoms with Crippen molar-refractivity contribution in [3.63, 3.8) is 0 Å². The number of nitrogens with one attached hydrogen (secondary N) is 1. The van der Waals surface area contributed by atoms with Crippen molar-refractivity contribution in [2.24, 2.45) is 0 Å². The predicted octanol–water partition coefficient (Wildman–Crippen LogP) is 6.42. The van der Waals surface area contributed by atoms with Gasteiger partial charge in [0.05, 0.1) is 26.6 Å². The van der Waals surface area contributed by atoms with Crippen LogP contribution >= 0.6 is 23.2 Å². The van der Waals surface area contributed by atoms with E-state index in [2.05, 4.69) is 16.0 Å². The fourth-order valence-corrected chi connectivity index (χ4v) is 3.66. The summed E-state index contributed by atoms with van der Waals surface area (Å²) in [6.07, 6.45) is 1.60. The average Bonchev–Trinajstić information content (AvgIpc) is 3.21. The quantitative estimate of drug-likeness (QED) is 0.201. The van der Waals surface area contributed by atoms with Crippen molar-refractivity contribution in [1.29, 1.82) is 5.26 Å². The van der Waals surface area contributed by atoms with Crippen LogP contribution in [0.4, 0.5) is 5.69 Å². The first-order chi connectivity index (χ1) is 15.4. The normalized spacial score (nSPS) is 11.3. The first-order valence-electron chi connectivity index (χ1n) is 9.36. The zero-order valence-corrected chi connectivity index (χ0v) is 17.9. The molecule has 1 N–H and O–H groups in total. The van der Waals surface area contributed by atoms with Crippen LogP contribution in [-0.2, 0) is 6.61 Å². The SMILES string of the molecule is N#C/C(=C\c1cc(Cl)cc(Cl)c1OCc1ccc([N+](=O)[O-])cc1)c1nc2ccccc2[nH]1. The lowest BCUT2D eigenvalue weighted by Crippen LogP contribution is -1.99. The number of nitro groups is 1. The Morgan fingerprint density at radius 3 is 2.62 bits per heavy atom. The molecule has 32 heavy (non-hydrogen) atoms. The summed E-state index contributed by atoms with van der Waals surface area (Å²) < 4.78 is 5.90. The van der Waals surface area contributed by atoms with E-state index in [0.29, 0.717) is 27.7 Å². The van der Waals surface area contributed by atoms with Crippen molar-refractivity contribution < 1.29 is 9.66 Å². The summed E-state index contributed by atoms with van der Waals surface area (Å²) in [5.41, 5.74) is 3.03. The number of nitrogens with zero attached hydrogens (tertiary/aromatic N) is 3. The number of nitro benzene ring substituents is 1. The minimum absolute atomic E-state index is 0.00797. The van der Waals surface area contributed by atoms with Gasteiger partial charge in [-0.2, -0.15) is 5.26 Å². The van der Waals surface area contributed by atoms with Crippen LogP contribution in [-0.4, -0.2) is 14.9 Å². The molecule has 0 spiro atoms. The fraction of sp³-hybridized carbons (Fsp3) is 0.0435. The summed E-state index contributed by atoms with van der Waals surface area (Å²) in [6.45, 7) is 0.118.